The van der Waals surface area contributed by atoms with Crippen molar-refractivity contribution >= 4 is 11.6 Å². The van der Waals surface area contributed by atoms with Crippen molar-refractivity contribution < 1.29 is 0 Å². The molecular formula is C13H22N4. The SMILES string of the molecule is CNc1cncc(N(C)CC2CCCCC2)n1. The molecule has 0 amide bonds. The molecule has 2 rings (SSSR count). The highest BCUT2D eigenvalue weighted by Gasteiger charge is 2.16. The predicted molar refractivity (Wildman–Crippen MR) is 71.4 cm³/mol. The van der Waals surface area contributed by atoms with Gasteiger partial charge in [0, 0.05) is 20.6 Å². The summed E-state index contributed by atoms with van der Waals surface area (Å²) in [5, 5.41) is 3.03. The van der Waals surface area contributed by atoms with Crippen molar-refractivity contribution in [1.82, 2.24) is 9.97 Å². The maximum Gasteiger partial charge on any atom is 0.149 e. The third kappa shape index (κ3) is 3.32. The molecule has 1 aliphatic carbocycles. The van der Waals surface area contributed by atoms with Crippen LogP contribution in [-0.2, 0) is 0 Å². The zero-order valence-corrected chi connectivity index (χ0v) is 10.8. The molecule has 0 spiro atoms. The first kappa shape index (κ1) is 12.1. The largest absolute Gasteiger partial charge is 0.372 e. The van der Waals surface area contributed by atoms with Gasteiger partial charge in [0.2, 0.25) is 0 Å². The second-order valence-electron chi connectivity index (χ2n) is 4.90. The number of nitrogens with one attached hydrogen (secondary N) is 1. The fraction of sp³-hybridized carbons (Fsp3) is 0.692. The molecule has 1 aromatic heterocycles. The molecule has 0 radical (unpaired) electrons. The third-order valence-corrected chi connectivity index (χ3v) is 3.53. The van der Waals surface area contributed by atoms with E-state index in [-0.39, 0.29) is 0 Å². The summed E-state index contributed by atoms with van der Waals surface area (Å²) >= 11 is 0. The molecule has 1 N–H and O–H groups in total. The Morgan fingerprint density at radius 3 is 2.76 bits per heavy atom. The van der Waals surface area contributed by atoms with E-state index in [9.17, 15) is 0 Å². The minimum atomic E-state index is 0.828. The third-order valence-electron chi connectivity index (χ3n) is 3.53. The second kappa shape index (κ2) is 5.84. The molecular weight excluding hydrogens is 212 g/mol. The number of rotatable bonds is 4. The lowest BCUT2D eigenvalue weighted by molar-refractivity contribution is 0.361. The molecule has 0 bridgehead atoms. The summed E-state index contributed by atoms with van der Waals surface area (Å²) in [5.41, 5.74) is 0. The van der Waals surface area contributed by atoms with Crippen molar-refractivity contribution in [2.45, 2.75) is 32.1 Å². The van der Waals surface area contributed by atoms with Crippen molar-refractivity contribution in [1.29, 1.82) is 0 Å². The predicted octanol–water partition coefficient (Wildman–Crippen LogP) is 2.53. The first-order chi connectivity index (χ1) is 8.29. The molecule has 4 heteroatoms. The van der Waals surface area contributed by atoms with E-state index >= 15 is 0 Å². The van der Waals surface area contributed by atoms with Crippen molar-refractivity contribution in [2.24, 2.45) is 5.92 Å². The Kier molecular flexibility index (Phi) is 4.18. The highest BCUT2D eigenvalue weighted by atomic mass is 15.2. The molecule has 4 nitrogen and oxygen atoms in total. The van der Waals surface area contributed by atoms with E-state index < -0.39 is 0 Å². The molecule has 17 heavy (non-hydrogen) atoms. The molecule has 0 unspecified atom stereocenters. The van der Waals surface area contributed by atoms with Gasteiger partial charge in [-0.1, -0.05) is 19.3 Å². The lowest BCUT2D eigenvalue weighted by atomic mass is 9.89. The number of anilines is 2. The average Bonchev–Trinajstić information content (AvgIpc) is 2.40. The van der Waals surface area contributed by atoms with Crippen LogP contribution in [0.2, 0.25) is 0 Å². The Labute approximate surface area is 103 Å². The van der Waals surface area contributed by atoms with Gasteiger partial charge in [0.05, 0.1) is 12.4 Å². The van der Waals surface area contributed by atoms with Crippen molar-refractivity contribution in [3.05, 3.63) is 12.4 Å². The van der Waals surface area contributed by atoms with Gasteiger partial charge in [0.15, 0.2) is 0 Å². The first-order valence-electron chi connectivity index (χ1n) is 6.50. The van der Waals surface area contributed by atoms with Gasteiger partial charge in [0.25, 0.3) is 0 Å². The summed E-state index contributed by atoms with van der Waals surface area (Å²) in [6, 6.07) is 0. The molecule has 0 saturated heterocycles. The van der Waals surface area contributed by atoms with Gasteiger partial charge in [-0.3, -0.25) is 4.98 Å². The minimum absolute atomic E-state index is 0.828. The summed E-state index contributed by atoms with van der Waals surface area (Å²) in [4.78, 5) is 10.9. The Morgan fingerprint density at radius 2 is 2.06 bits per heavy atom. The van der Waals surface area contributed by atoms with Gasteiger partial charge in [0.1, 0.15) is 11.6 Å². The number of nitrogens with zero attached hydrogens (tertiary/aromatic N) is 3. The second-order valence-corrected chi connectivity index (χ2v) is 4.90. The Morgan fingerprint density at radius 1 is 1.29 bits per heavy atom. The molecule has 1 heterocycles. The molecule has 0 aromatic carbocycles. The van der Waals surface area contributed by atoms with Crippen LogP contribution in [-0.4, -0.2) is 30.6 Å². The summed E-state index contributed by atoms with van der Waals surface area (Å²) in [6.07, 6.45) is 10.5. The van der Waals surface area contributed by atoms with E-state index in [2.05, 4.69) is 27.2 Å². The number of aromatic nitrogens is 2. The van der Waals surface area contributed by atoms with Gasteiger partial charge >= 0.3 is 0 Å². The monoisotopic (exact) mass is 234 g/mol. The maximum absolute atomic E-state index is 4.51. The van der Waals surface area contributed by atoms with Gasteiger partial charge in [-0.25, -0.2) is 4.98 Å². The van der Waals surface area contributed by atoms with Gasteiger partial charge in [-0.05, 0) is 18.8 Å². The van der Waals surface area contributed by atoms with Crippen LogP contribution >= 0.6 is 0 Å². The highest BCUT2D eigenvalue weighted by Crippen LogP contribution is 2.25. The lowest BCUT2D eigenvalue weighted by Gasteiger charge is -2.27. The highest BCUT2D eigenvalue weighted by molar-refractivity contribution is 5.42. The topological polar surface area (TPSA) is 41.1 Å². The van der Waals surface area contributed by atoms with Gasteiger partial charge in [-0.15, -0.1) is 0 Å². The van der Waals surface area contributed by atoms with Gasteiger partial charge in [-0.2, -0.15) is 0 Å². The van der Waals surface area contributed by atoms with Crippen LogP contribution in [0.4, 0.5) is 11.6 Å². The zero-order chi connectivity index (χ0) is 12.1. The number of hydrogen-bond acceptors (Lipinski definition) is 4. The summed E-state index contributed by atoms with van der Waals surface area (Å²) < 4.78 is 0. The minimum Gasteiger partial charge on any atom is -0.372 e. The summed E-state index contributed by atoms with van der Waals surface area (Å²) in [5.74, 6) is 2.62. The fourth-order valence-corrected chi connectivity index (χ4v) is 2.51. The molecule has 0 aliphatic heterocycles. The molecule has 1 saturated carbocycles. The lowest BCUT2D eigenvalue weighted by Crippen LogP contribution is -2.27. The average molecular weight is 234 g/mol. The molecule has 1 aliphatic rings. The van der Waals surface area contributed by atoms with E-state index in [4.69, 9.17) is 0 Å². The normalized spacial score (nSPS) is 16.8. The zero-order valence-electron chi connectivity index (χ0n) is 10.8. The van der Waals surface area contributed by atoms with E-state index in [1.165, 1.54) is 32.1 Å². The fourth-order valence-electron chi connectivity index (χ4n) is 2.51. The van der Waals surface area contributed by atoms with E-state index in [0.29, 0.717) is 0 Å². The van der Waals surface area contributed by atoms with Crippen molar-refractivity contribution in [2.75, 3.05) is 30.9 Å². The standard InChI is InChI=1S/C13H22N4/c1-14-12-8-15-9-13(16-12)17(2)10-11-6-4-3-5-7-11/h8-9,11H,3-7,10H2,1-2H3,(H,14,16). The van der Waals surface area contributed by atoms with E-state index in [1.807, 2.05) is 13.2 Å². The quantitative estimate of drug-likeness (QED) is 0.869. The summed E-state index contributed by atoms with van der Waals surface area (Å²) in [7, 11) is 3.98. The Balaban J connectivity index is 1.95. The smallest absolute Gasteiger partial charge is 0.149 e. The first-order valence-corrected chi connectivity index (χ1v) is 6.50. The van der Waals surface area contributed by atoms with Crippen LogP contribution in [0.3, 0.4) is 0 Å². The van der Waals surface area contributed by atoms with E-state index in [1.54, 1.807) is 6.20 Å². The van der Waals surface area contributed by atoms with Crippen molar-refractivity contribution in [3.8, 4) is 0 Å². The van der Waals surface area contributed by atoms with Crippen LogP contribution in [0, 0.1) is 5.92 Å². The van der Waals surface area contributed by atoms with Crippen LogP contribution in [0.1, 0.15) is 32.1 Å². The van der Waals surface area contributed by atoms with Gasteiger partial charge < -0.3 is 10.2 Å². The maximum atomic E-state index is 4.51. The molecule has 1 aromatic rings. The Bertz CT molecular complexity index is 347. The van der Waals surface area contributed by atoms with E-state index in [0.717, 1.165) is 24.1 Å². The molecule has 0 atom stereocenters. The number of hydrogen-bond donors (Lipinski definition) is 1. The Hall–Kier alpha value is -1.32. The van der Waals surface area contributed by atoms with Crippen LogP contribution < -0.4 is 10.2 Å². The van der Waals surface area contributed by atoms with Crippen LogP contribution in [0.5, 0.6) is 0 Å². The van der Waals surface area contributed by atoms with Crippen molar-refractivity contribution in [3.63, 3.8) is 0 Å². The van der Waals surface area contributed by atoms with Crippen LogP contribution in [0.25, 0.3) is 0 Å². The molecule has 1 fully saturated rings. The molecule has 94 valence electrons. The van der Waals surface area contributed by atoms with Crippen LogP contribution in [0.15, 0.2) is 12.4 Å². The summed E-state index contributed by atoms with van der Waals surface area (Å²) in [6.45, 7) is 1.10.